The fourth-order valence-electron chi connectivity index (χ4n) is 2.03. The Morgan fingerprint density at radius 3 is 2.55 bits per heavy atom. The number of aryl methyl sites for hydroxylation is 1. The Bertz CT molecular complexity index is 697. The van der Waals surface area contributed by atoms with Gasteiger partial charge in [0.2, 0.25) is 10.0 Å². The molecule has 0 spiro atoms. The summed E-state index contributed by atoms with van der Waals surface area (Å²) in [6.07, 6.45) is 0.775. The van der Waals surface area contributed by atoms with Crippen molar-refractivity contribution >= 4 is 21.4 Å². The van der Waals surface area contributed by atoms with E-state index in [4.69, 9.17) is 5.73 Å². The zero-order chi connectivity index (χ0) is 14.6. The second kappa shape index (κ2) is 5.96. The molecule has 0 amide bonds. The maximum Gasteiger partial charge on any atom is 0.236 e. The molecule has 0 atom stereocenters. The van der Waals surface area contributed by atoms with Crippen LogP contribution in [0.1, 0.15) is 18.1 Å². The highest BCUT2D eigenvalue weighted by Crippen LogP contribution is 2.19. The lowest BCUT2D eigenvalue weighted by Gasteiger charge is -2.11. The summed E-state index contributed by atoms with van der Waals surface area (Å²) in [7, 11) is -3.44. The van der Waals surface area contributed by atoms with Crippen molar-refractivity contribution in [1.82, 2.24) is 0 Å². The Hall–Kier alpha value is -2.01. The molecule has 2 aromatic carbocycles. The Kier molecular flexibility index (Phi) is 4.29. The van der Waals surface area contributed by atoms with Crippen LogP contribution in [0.2, 0.25) is 0 Å². The molecular formula is C15H18N2O2S. The van der Waals surface area contributed by atoms with Gasteiger partial charge < -0.3 is 5.73 Å². The van der Waals surface area contributed by atoms with Crippen LogP contribution in [-0.4, -0.2) is 8.42 Å². The van der Waals surface area contributed by atoms with Gasteiger partial charge in [-0.1, -0.05) is 37.3 Å². The number of rotatable bonds is 5. The number of anilines is 2. The summed E-state index contributed by atoms with van der Waals surface area (Å²) in [6, 6.07) is 14.3. The maximum absolute atomic E-state index is 12.2. The molecule has 0 aromatic heterocycles. The topological polar surface area (TPSA) is 72.2 Å². The van der Waals surface area contributed by atoms with Crippen LogP contribution in [-0.2, 0) is 22.2 Å². The number of nitrogen functional groups attached to an aromatic ring is 1. The third-order valence-electron chi connectivity index (χ3n) is 2.97. The molecule has 0 aliphatic carbocycles. The van der Waals surface area contributed by atoms with Crippen LogP contribution >= 0.6 is 0 Å². The average molecular weight is 290 g/mol. The molecule has 0 aliphatic heterocycles. The van der Waals surface area contributed by atoms with Gasteiger partial charge in [0, 0.05) is 5.69 Å². The summed E-state index contributed by atoms with van der Waals surface area (Å²) in [5.74, 6) is -0.0872. The molecule has 0 fully saturated rings. The summed E-state index contributed by atoms with van der Waals surface area (Å²) in [5.41, 5.74) is 8.51. The number of sulfonamides is 1. The number of benzene rings is 2. The minimum Gasteiger partial charge on any atom is -0.399 e. The Labute approximate surface area is 119 Å². The summed E-state index contributed by atoms with van der Waals surface area (Å²) < 4.78 is 27.0. The molecular weight excluding hydrogens is 272 g/mol. The number of nitrogens with two attached hydrogens (primary N) is 1. The van der Waals surface area contributed by atoms with Gasteiger partial charge in [-0.3, -0.25) is 4.72 Å². The van der Waals surface area contributed by atoms with E-state index >= 15 is 0 Å². The lowest BCUT2D eigenvalue weighted by Crippen LogP contribution is -2.16. The highest BCUT2D eigenvalue weighted by atomic mass is 32.2. The smallest absolute Gasteiger partial charge is 0.236 e. The third-order valence-corrected chi connectivity index (χ3v) is 4.22. The molecule has 0 saturated carbocycles. The predicted molar refractivity (Wildman–Crippen MR) is 82.9 cm³/mol. The molecule has 20 heavy (non-hydrogen) atoms. The first kappa shape index (κ1) is 14.4. The third kappa shape index (κ3) is 3.74. The van der Waals surface area contributed by atoms with Crippen molar-refractivity contribution in [2.75, 3.05) is 10.5 Å². The molecule has 2 aromatic rings. The number of para-hydroxylation sites is 1. The first-order valence-corrected chi connectivity index (χ1v) is 8.08. The fraction of sp³-hybridized carbons (Fsp3) is 0.200. The first-order valence-electron chi connectivity index (χ1n) is 6.43. The van der Waals surface area contributed by atoms with Crippen molar-refractivity contribution in [3.05, 3.63) is 59.7 Å². The predicted octanol–water partition coefficient (Wildman–Crippen LogP) is 2.77. The summed E-state index contributed by atoms with van der Waals surface area (Å²) in [4.78, 5) is 0. The van der Waals surface area contributed by atoms with Crippen molar-refractivity contribution in [3.63, 3.8) is 0 Å². The van der Waals surface area contributed by atoms with Crippen LogP contribution in [0.3, 0.4) is 0 Å². The monoisotopic (exact) mass is 290 g/mol. The molecule has 2 rings (SSSR count). The minimum atomic E-state index is -3.44. The second-order valence-electron chi connectivity index (χ2n) is 4.62. The molecule has 0 radical (unpaired) electrons. The highest BCUT2D eigenvalue weighted by molar-refractivity contribution is 7.91. The van der Waals surface area contributed by atoms with Crippen LogP contribution in [0.25, 0.3) is 0 Å². The lowest BCUT2D eigenvalue weighted by atomic mass is 10.1. The van der Waals surface area contributed by atoms with Gasteiger partial charge in [0.25, 0.3) is 0 Å². The molecule has 4 nitrogen and oxygen atoms in total. The summed E-state index contributed by atoms with van der Waals surface area (Å²) >= 11 is 0. The zero-order valence-electron chi connectivity index (χ0n) is 11.3. The van der Waals surface area contributed by atoms with Crippen molar-refractivity contribution in [1.29, 1.82) is 0 Å². The van der Waals surface area contributed by atoms with E-state index in [0.29, 0.717) is 16.9 Å². The SMILES string of the molecule is CCc1ccccc1NS(=O)(=O)Cc1cccc(N)c1. The molecule has 0 heterocycles. The molecule has 3 N–H and O–H groups in total. The molecule has 0 bridgehead atoms. The lowest BCUT2D eigenvalue weighted by molar-refractivity contribution is 0.600. The Morgan fingerprint density at radius 2 is 1.85 bits per heavy atom. The largest absolute Gasteiger partial charge is 0.399 e. The second-order valence-corrected chi connectivity index (χ2v) is 6.34. The van der Waals surface area contributed by atoms with Crippen molar-refractivity contribution in [2.24, 2.45) is 0 Å². The van der Waals surface area contributed by atoms with Crippen molar-refractivity contribution < 1.29 is 8.42 Å². The van der Waals surface area contributed by atoms with Gasteiger partial charge in [-0.05, 0) is 35.7 Å². The number of nitrogens with one attached hydrogen (secondary N) is 1. The van der Waals surface area contributed by atoms with Crippen LogP contribution < -0.4 is 10.5 Å². The van der Waals surface area contributed by atoms with Gasteiger partial charge in [0.1, 0.15) is 0 Å². The fourth-order valence-corrected chi connectivity index (χ4v) is 3.26. The molecule has 106 valence electrons. The number of hydrogen-bond donors (Lipinski definition) is 2. The highest BCUT2D eigenvalue weighted by Gasteiger charge is 2.13. The van der Waals surface area contributed by atoms with Crippen LogP contribution in [0, 0.1) is 0 Å². The maximum atomic E-state index is 12.2. The van der Waals surface area contributed by atoms with E-state index < -0.39 is 10.0 Å². The van der Waals surface area contributed by atoms with Gasteiger partial charge >= 0.3 is 0 Å². The Balaban J connectivity index is 2.19. The Morgan fingerprint density at radius 1 is 1.10 bits per heavy atom. The summed E-state index contributed by atoms with van der Waals surface area (Å²) in [6.45, 7) is 1.99. The van der Waals surface area contributed by atoms with E-state index in [0.717, 1.165) is 12.0 Å². The van der Waals surface area contributed by atoms with Gasteiger partial charge in [0.05, 0.1) is 11.4 Å². The van der Waals surface area contributed by atoms with E-state index in [1.54, 1.807) is 30.3 Å². The van der Waals surface area contributed by atoms with Crippen LogP contribution in [0.5, 0.6) is 0 Å². The number of hydrogen-bond acceptors (Lipinski definition) is 3. The van der Waals surface area contributed by atoms with E-state index in [9.17, 15) is 8.42 Å². The average Bonchev–Trinajstić information content (AvgIpc) is 2.38. The quantitative estimate of drug-likeness (QED) is 0.832. The summed E-state index contributed by atoms with van der Waals surface area (Å²) in [5, 5.41) is 0. The van der Waals surface area contributed by atoms with Crippen LogP contribution in [0.15, 0.2) is 48.5 Å². The minimum absolute atomic E-state index is 0.0872. The van der Waals surface area contributed by atoms with Crippen molar-refractivity contribution in [2.45, 2.75) is 19.1 Å². The van der Waals surface area contributed by atoms with E-state index in [2.05, 4.69) is 4.72 Å². The van der Waals surface area contributed by atoms with E-state index in [1.165, 1.54) is 0 Å². The molecule has 5 heteroatoms. The van der Waals surface area contributed by atoms with Gasteiger partial charge in [0.15, 0.2) is 0 Å². The van der Waals surface area contributed by atoms with E-state index in [-0.39, 0.29) is 5.75 Å². The first-order chi connectivity index (χ1) is 9.50. The molecule has 0 unspecified atom stereocenters. The van der Waals surface area contributed by atoms with E-state index in [1.807, 2.05) is 25.1 Å². The van der Waals surface area contributed by atoms with Gasteiger partial charge in [-0.2, -0.15) is 0 Å². The van der Waals surface area contributed by atoms with Crippen LogP contribution in [0.4, 0.5) is 11.4 Å². The standard InChI is InChI=1S/C15H18N2O2S/c1-2-13-7-3-4-9-15(13)17-20(18,19)11-12-6-5-8-14(16)10-12/h3-10,17H,2,11,16H2,1H3. The van der Waals surface area contributed by atoms with Gasteiger partial charge in [-0.15, -0.1) is 0 Å². The van der Waals surface area contributed by atoms with Crippen molar-refractivity contribution in [3.8, 4) is 0 Å². The van der Waals surface area contributed by atoms with Gasteiger partial charge in [-0.25, -0.2) is 8.42 Å². The molecule has 0 saturated heterocycles. The normalized spacial score (nSPS) is 11.2. The molecule has 0 aliphatic rings. The zero-order valence-corrected chi connectivity index (χ0v) is 12.2.